The molecular weight excluding hydrogens is 812 g/mol. The second kappa shape index (κ2) is 19.3. The maximum atomic E-state index is 15.4. The molecule has 63 heavy (non-hydrogen) atoms. The highest BCUT2D eigenvalue weighted by Crippen LogP contribution is 2.41. The Kier molecular flexibility index (Phi) is 13.4. The number of aromatic nitrogens is 3. The normalized spacial score (nSPS) is 21.6. The van der Waals surface area contributed by atoms with Crippen molar-refractivity contribution >= 4 is 58.1 Å². The van der Waals surface area contributed by atoms with Crippen molar-refractivity contribution in [2.75, 3.05) is 92.4 Å². The van der Waals surface area contributed by atoms with Crippen LogP contribution in [0.3, 0.4) is 0 Å². The van der Waals surface area contributed by atoms with E-state index in [4.69, 9.17) is 14.5 Å². The lowest BCUT2D eigenvalue weighted by Gasteiger charge is -2.43. The van der Waals surface area contributed by atoms with Crippen LogP contribution >= 0.6 is 0 Å². The molecule has 338 valence electrons. The lowest BCUT2D eigenvalue weighted by molar-refractivity contribution is -0.133. The van der Waals surface area contributed by atoms with Crippen LogP contribution in [0.1, 0.15) is 81.6 Å². The Bertz CT molecular complexity index is 2170. The zero-order valence-electron chi connectivity index (χ0n) is 36.6. The van der Waals surface area contributed by atoms with Gasteiger partial charge in [-0.05, 0) is 57.4 Å². The van der Waals surface area contributed by atoms with E-state index < -0.39 is 17.8 Å². The van der Waals surface area contributed by atoms with E-state index in [0.717, 1.165) is 83.5 Å². The highest BCUT2D eigenvalue weighted by molar-refractivity contribution is 6.04. The summed E-state index contributed by atoms with van der Waals surface area (Å²) in [6.07, 6.45) is 11.7. The standard InChI is InChI=1S/C44H59FN12O6/c1-5-34-43(61)53(2)36-26-47-44(51-40(36)57(34)28-8-6-7-9-28)49-33-25-46-32(23-37(33)62-3)42(60)52-56-16-13-27(14-17-56)12-15-54-18-20-55(21-19-54)35-24-38(63-4)31(22-29(35)45)48-30-10-11-39(58)50-41(30)59/h22-28,30,34,48H,5-21H2,1-4H3,(H,52,60)(H,47,49,51)(H,50,58,59)/t30?,34-/m1/s1. The average molecular weight is 871 g/mol. The summed E-state index contributed by atoms with van der Waals surface area (Å²) in [7, 11) is 4.83. The largest absolute Gasteiger partial charge is 0.495 e. The maximum Gasteiger partial charge on any atom is 0.284 e. The van der Waals surface area contributed by atoms with E-state index >= 15 is 4.39 Å². The topological polar surface area (TPSA) is 190 Å². The summed E-state index contributed by atoms with van der Waals surface area (Å²) in [5, 5.41) is 10.6. The number of likely N-dealkylation sites (N-methyl/N-ethyl adjacent to an activating group) is 1. The summed E-state index contributed by atoms with van der Waals surface area (Å²) in [6.45, 7) is 7.37. The number of ether oxygens (including phenoxy) is 2. The molecule has 1 aromatic carbocycles. The molecule has 6 heterocycles. The predicted octanol–water partition coefficient (Wildman–Crippen LogP) is 4.06. The number of piperidine rings is 2. The quantitative estimate of drug-likeness (QED) is 0.170. The number of fused-ring (bicyclic) bond motifs is 1. The fourth-order valence-electron chi connectivity index (χ4n) is 9.59. The molecular formula is C44H59FN12O6. The molecule has 2 aromatic heterocycles. The van der Waals surface area contributed by atoms with Gasteiger partial charge in [0.2, 0.25) is 23.7 Å². The first-order chi connectivity index (χ1) is 30.5. The Morgan fingerprint density at radius 2 is 1.62 bits per heavy atom. The molecule has 8 rings (SSSR count). The minimum Gasteiger partial charge on any atom is -0.495 e. The number of carbonyl (C=O) groups excluding carboxylic acids is 4. The third kappa shape index (κ3) is 9.58. The molecule has 5 aliphatic rings. The molecule has 3 saturated heterocycles. The molecule has 1 aliphatic carbocycles. The van der Waals surface area contributed by atoms with Gasteiger partial charge in [-0.15, -0.1) is 0 Å². The number of nitrogens with zero attached hydrogens (tertiary/aromatic N) is 8. The van der Waals surface area contributed by atoms with Gasteiger partial charge in [0.1, 0.15) is 46.5 Å². The molecule has 0 radical (unpaired) electrons. The zero-order chi connectivity index (χ0) is 44.2. The molecule has 2 atom stereocenters. The minimum absolute atomic E-state index is 0.0557. The third-order valence-electron chi connectivity index (χ3n) is 13.3. The van der Waals surface area contributed by atoms with Crippen LogP contribution in [0.25, 0.3) is 0 Å². The van der Waals surface area contributed by atoms with Crippen LogP contribution < -0.4 is 45.5 Å². The summed E-state index contributed by atoms with van der Waals surface area (Å²) in [5.41, 5.74) is 5.28. The molecule has 0 spiro atoms. The number of imide groups is 1. The van der Waals surface area contributed by atoms with Crippen LogP contribution in [-0.4, -0.2) is 134 Å². The molecule has 3 aromatic rings. The number of pyridine rings is 1. The molecule has 1 saturated carbocycles. The Labute approximate surface area is 367 Å². The van der Waals surface area contributed by atoms with Gasteiger partial charge >= 0.3 is 0 Å². The van der Waals surface area contributed by atoms with Crippen molar-refractivity contribution < 1.29 is 33.0 Å². The van der Waals surface area contributed by atoms with Gasteiger partial charge in [-0.3, -0.25) is 34.8 Å². The number of nitrogens with one attached hydrogen (secondary N) is 4. The van der Waals surface area contributed by atoms with Crippen molar-refractivity contribution in [1.82, 2.24) is 35.6 Å². The lowest BCUT2D eigenvalue weighted by Crippen LogP contribution is -2.55. The Balaban J connectivity index is 0.796. The summed E-state index contributed by atoms with van der Waals surface area (Å²) < 4.78 is 26.7. The predicted molar refractivity (Wildman–Crippen MR) is 236 cm³/mol. The molecule has 19 heteroatoms. The smallest absolute Gasteiger partial charge is 0.284 e. The van der Waals surface area contributed by atoms with E-state index in [1.54, 1.807) is 36.5 Å². The second-order valence-corrected chi connectivity index (χ2v) is 17.1. The van der Waals surface area contributed by atoms with Gasteiger partial charge in [-0.1, -0.05) is 19.8 Å². The Morgan fingerprint density at radius 1 is 0.889 bits per heavy atom. The Hall–Kier alpha value is -5.82. The van der Waals surface area contributed by atoms with E-state index in [1.165, 1.54) is 20.3 Å². The number of piperazine rings is 1. The van der Waals surface area contributed by atoms with E-state index in [1.807, 2.05) is 16.8 Å². The molecule has 4 fully saturated rings. The van der Waals surface area contributed by atoms with Gasteiger partial charge in [0.25, 0.3) is 5.91 Å². The number of hydrazine groups is 1. The van der Waals surface area contributed by atoms with Crippen molar-refractivity contribution in [1.29, 1.82) is 0 Å². The second-order valence-electron chi connectivity index (χ2n) is 17.1. The highest BCUT2D eigenvalue weighted by atomic mass is 19.1. The summed E-state index contributed by atoms with van der Waals surface area (Å²) in [4.78, 5) is 72.7. The van der Waals surface area contributed by atoms with Gasteiger partial charge in [0, 0.05) is 77.0 Å². The highest BCUT2D eigenvalue weighted by Gasteiger charge is 2.41. The molecule has 4 amide bonds. The number of halogens is 1. The van der Waals surface area contributed by atoms with Crippen molar-refractivity contribution in [2.24, 2.45) is 5.92 Å². The first kappa shape index (κ1) is 43.8. The molecule has 0 bridgehead atoms. The van der Waals surface area contributed by atoms with Crippen molar-refractivity contribution in [2.45, 2.75) is 89.3 Å². The van der Waals surface area contributed by atoms with Crippen LogP contribution in [0.4, 0.5) is 38.9 Å². The van der Waals surface area contributed by atoms with Gasteiger partial charge in [0.05, 0.1) is 38.0 Å². The fraction of sp³-hybridized carbons (Fsp3) is 0.568. The zero-order valence-corrected chi connectivity index (χ0v) is 36.6. The van der Waals surface area contributed by atoms with E-state index in [-0.39, 0.29) is 41.9 Å². The van der Waals surface area contributed by atoms with Crippen LogP contribution in [-0.2, 0) is 14.4 Å². The Morgan fingerprint density at radius 3 is 2.32 bits per heavy atom. The third-order valence-corrected chi connectivity index (χ3v) is 13.3. The van der Waals surface area contributed by atoms with Crippen LogP contribution in [0.15, 0.2) is 30.6 Å². The van der Waals surface area contributed by atoms with Gasteiger partial charge in [-0.2, -0.15) is 4.98 Å². The monoisotopic (exact) mass is 870 g/mol. The van der Waals surface area contributed by atoms with E-state index in [9.17, 15) is 19.2 Å². The number of hydrogen-bond acceptors (Lipinski definition) is 15. The van der Waals surface area contributed by atoms with E-state index in [0.29, 0.717) is 72.0 Å². The first-order valence-electron chi connectivity index (χ1n) is 22.3. The molecule has 1 unspecified atom stereocenters. The summed E-state index contributed by atoms with van der Waals surface area (Å²) >= 11 is 0. The first-order valence-corrected chi connectivity index (χ1v) is 22.3. The summed E-state index contributed by atoms with van der Waals surface area (Å²) in [5.74, 6) is 1.06. The molecule has 18 nitrogen and oxygen atoms in total. The molecule has 4 N–H and O–H groups in total. The van der Waals surface area contributed by atoms with Crippen LogP contribution in [0.2, 0.25) is 0 Å². The number of anilines is 6. The molecule has 4 aliphatic heterocycles. The number of methoxy groups -OCH3 is 2. The van der Waals surface area contributed by atoms with Gasteiger partial charge in [0.15, 0.2) is 5.82 Å². The SMILES string of the molecule is CC[C@@H]1C(=O)N(C)c2cnc(Nc3cnc(C(=O)NN4CCC(CCN5CCN(c6cc(OC)c(NC7CCC(=O)NC7=O)cc6F)CC5)CC4)cc3OC)nc2N1C1CCCC1. The number of benzene rings is 1. The van der Waals surface area contributed by atoms with E-state index in [2.05, 4.69) is 41.1 Å². The van der Waals surface area contributed by atoms with Gasteiger partial charge in [-0.25, -0.2) is 19.4 Å². The minimum atomic E-state index is -0.643. The van der Waals surface area contributed by atoms with Crippen molar-refractivity contribution in [3.05, 3.63) is 42.1 Å². The van der Waals surface area contributed by atoms with Crippen LogP contribution in [0.5, 0.6) is 11.5 Å². The van der Waals surface area contributed by atoms with Crippen molar-refractivity contribution in [3.8, 4) is 11.5 Å². The van der Waals surface area contributed by atoms with Crippen LogP contribution in [0, 0.1) is 11.7 Å². The maximum absolute atomic E-state index is 15.4. The summed E-state index contributed by atoms with van der Waals surface area (Å²) in [6, 6.07) is 3.97. The average Bonchev–Trinajstić information content (AvgIpc) is 3.83. The number of carbonyl (C=O) groups is 4. The van der Waals surface area contributed by atoms with Gasteiger partial charge < -0.3 is 34.8 Å². The fourth-order valence-corrected chi connectivity index (χ4v) is 9.59. The van der Waals surface area contributed by atoms with Crippen molar-refractivity contribution in [3.63, 3.8) is 0 Å². The lowest BCUT2D eigenvalue weighted by atomic mass is 9.94. The number of amides is 4. The number of rotatable bonds is 14. The number of hydrogen-bond donors (Lipinski definition) is 4.